The van der Waals surface area contributed by atoms with Gasteiger partial charge in [0, 0.05) is 11.3 Å². The van der Waals surface area contributed by atoms with Gasteiger partial charge in [-0.15, -0.1) is 0 Å². The highest BCUT2D eigenvalue weighted by Gasteiger charge is 2.16. The second-order valence-electron chi connectivity index (χ2n) is 5.70. The first-order valence-electron chi connectivity index (χ1n) is 8.04. The van der Waals surface area contributed by atoms with Gasteiger partial charge in [0.2, 0.25) is 0 Å². The van der Waals surface area contributed by atoms with Crippen LogP contribution in [0.15, 0.2) is 42.5 Å². The van der Waals surface area contributed by atoms with Crippen LogP contribution in [0.4, 0.5) is 5.82 Å². The molecule has 0 saturated carbocycles. The first kappa shape index (κ1) is 16.1. The molecular formula is C19H21N3O2. The summed E-state index contributed by atoms with van der Waals surface area (Å²) in [7, 11) is 0. The number of anilines is 1. The van der Waals surface area contributed by atoms with Crippen LogP contribution < -0.4 is 5.32 Å². The molecular weight excluding hydrogens is 302 g/mol. The molecule has 0 aliphatic carbocycles. The summed E-state index contributed by atoms with van der Waals surface area (Å²) in [6.45, 7) is 6.35. The molecule has 3 aromatic rings. The van der Waals surface area contributed by atoms with Crippen LogP contribution in [0.3, 0.4) is 0 Å². The van der Waals surface area contributed by atoms with E-state index in [0.717, 1.165) is 34.0 Å². The summed E-state index contributed by atoms with van der Waals surface area (Å²) in [6, 6.07) is 14.1. The monoisotopic (exact) mass is 323 g/mol. The number of pyridine rings is 1. The molecule has 0 aliphatic heterocycles. The number of nitrogens with one attached hydrogen (secondary N) is 1. The first-order chi connectivity index (χ1) is 11.6. The summed E-state index contributed by atoms with van der Waals surface area (Å²) in [5.74, 6) is 0.526. The molecule has 0 saturated heterocycles. The van der Waals surface area contributed by atoms with Gasteiger partial charge in [0.05, 0.1) is 6.61 Å². The summed E-state index contributed by atoms with van der Waals surface area (Å²) < 4.78 is 7.04. The number of aromatic nitrogens is 2. The van der Waals surface area contributed by atoms with Gasteiger partial charge in [-0.2, -0.15) is 0 Å². The van der Waals surface area contributed by atoms with Crippen molar-refractivity contribution in [2.24, 2.45) is 0 Å². The molecule has 0 fully saturated rings. The van der Waals surface area contributed by atoms with Gasteiger partial charge in [-0.3, -0.25) is 9.20 Å². The van der Waals surface area contributed by atoms with Gasteiger partial charge >= 0.3 is 5.97 Å². The van der Waals surface area contributed by atoms with Crippen LogP contribution >= 0.6 is 0 Å². The largest absolute Gasteiger partial charge is 0.465 e. The van der Waals surface area contributed by atoms with Crippen LogP contribution in [0.5, 0.6) is 0 Å². The highest BCUT2D eigenvalue weighted by molar-refractivity contribution is 5.81. The lowest BCUT2D eigenvalue weighted by atomic mass is 10.1. The van der Waals surface area contributed by atoms with E-state index in [1.54, 1.807) is 6.92 Å². The summed E-state index contributed by atoms with van der Waals surface area (Å²) >= 11 is 0. The molecule has 2 aromatic heterocycles. The Hall–Kier alpha value is -2.82. The Morgan fingerprint density at radius 3 is 2.75 bits per heavy atom. The summed E-state index contributed by atoms with van der Waals surface area (Å²) in [6.07, 6.45) is 0. The van der Waals surface area contributed by atoms with Crippen molar-refractivity contribution in [1.82, 2.24) is 9.38 Å². The van der Waals surface area contributed by atoms with Gasteiger partial charge in [-0.25, -0.2) is 4.98 Å². The number of esters is 1. The highest BCUT2D eigenvalue weighted by Crippen LogP contribution is 2.30. The van der Waals surface area contributed by atoms with E-state index in [4.69, 9.17) is 9.72 Å². The van der Waals surface area contributed by atoms with E-state index < -0.39 is 0 Å². The number of benzene rings is 1. The van der Waals surface area contributed by atoms with Crippen molar-refractivity contribution in [1.29, 1.82) is 0 Å². The molecule has 1 N–H and O–H groups in total. The number of fused-ring (bicyclic) bond motifs is 1. The van der Waals surface area contributed by atoms with Crippen LogP contribution in [-0.2, 0) is 9.53 Å². The standard InChI is InChI=1S/C19H21N3O2/c1-4-24-17(23)12-20-19-18(15-9-5-7-13(2)11-15)21-16-10-6-8-14(3)22(16)19/h5-11,20H,4,12H2,1-3H3. The fraction of sp³-hybridized carbons (Fsp3) is 0.263. The number of nitrogens with zero attached hydrogens (tertiary/aromatic N) is 2. The van der Waals surface area contributed by atoms with Crippen LogP contribution in [0.2, 0.25) is 0 Å². The fourth-order valence-electron chi connectivity index (χ4n) is 2.78. The quantitative estimate of drug-likeness (QED) is 0.729. The summed E-state index contributed by atoms with van der Waals surface area (Å²) in [5.41, 5.74) is 4.91. The van der Waals surface area contributed by atoms with Gasteiger partial charge in [-0.1, -0.05) is 29.8 Å². The van der Waals surface area contributed by atoms with Gasteiger partial charge in [0.25, 0.3) is 0 Å². The van der Waals surface area contributed by atoms with Crippen molar-refractivity contribution >= 4 is 17.4 Å². The van der Waals surface area contributed by atoms with Gasteiger partial charge < -0.3 is 10.1 Å². The van der Waals surface area contributed by atoms with E-state index in [1.165, 1.54) is 0 Å². The van der Waals surface area contributed by atoms with Crippen molar-refractivity contribution in [3.8, 4) is 11.3 Å². The maximum Gasteiger partial charge on any atom is 0.325 e. The van der Waals surface area contributed by atoms with E-state index in [1.807, 2.05) is 41.7 Å². The molecule has 0 spiro atoms. The lowest BCUT2D eigenvalue weighted by Gasteiger charge is -2.10. The number of rotatable bonds is 5. The molecule has 1 aromatic carbocycles. The van der Waals surface area contributed by atoms with Crippen molar-refractivity contribution in [3.05, 3.63) is 53.7 Å². The number of carbonyl (C=O) groups excluding carboxylic acids is 1. The molecule has 5 heteroatoms. The Labute approximate surface area is 141 Å². The number of aryl methyl sites for hydroxylation is 2. The van der Waals surface area contributed by atoms with E-state index in [-0.39, 0.29) is 12.5 Å². The van der Waals surface area contributed by atoms with Crippen molar-refractivity contribution in [2.45, 2.75) is 20.8 Å². The Balaban J connectivity index is 2.09. The number of hydrogen-bond acceptors (Lipinski definition) is 4. The predicted octanol–water partition coefficient (Wildman–Crippen LogP) is 3.59. The number of hydrogen-bond donors (Lipinski definition) is 1. The van der Waals surface area contributed by atoms with Crippen LogP contribution in [0, 0.1) is 13.8 Å². The van der Waals surface area contributed by atoms with E-state index in [2.05, 4.69) is 24.4 Å². The van der Waals surface area contributed by atoms with Gasteiger partial charge in [-0.05, 0) is 39.0 Å². The second kappa shape index (κ2) is 6.74. The van der Waals surface area contributed by atoms with E-state index in [0.29, 0.717) is 6.61 Å². The van der Waals surface area contributed by atoms with Crippen LogP contribution in [0.1, 0.15) is 18.2 Å². The number of carbonyl (C=O) groups is 1. The Bertz CT molecular complexity index is 883. The maximum absolute atomic E-state index is 11.7. The van der Waals surface area contributed by atoms with Crippen molar-refractivity contribution in [3.63, 3.8) is 0 Å². The maximum atomic E-state index is 11.7. The van der Waals surface area contributed by atoms with Gasteiger partial charge in [0.15, 0.2) is 0 Å². The molecule has 124 valence electrons. The third kappa shape index (κ3) is 3.11. The smallest absolute Gasteiger partial charge is 0.325 e. The fourth-order valence-corrected chi connectivity index (χ4v) is 2.78. The van der Waals surface area contributed by atoms with Crippen LogP contribution in [0.25, 0.3) is 16.9 Å². The second-order valence-corrected chi connectivity index (χ2v) is 5.70. The summed E-state index contributed by atoms with van der Waals surface area (Å²) in [5, 5.41) is 3.21. The Kier molecular flexibility index (Phi) is 4.51. The third-order valence-electron chi connectivity index (χ3n) is 3.84. The average molecular weight is 323 g/mol. The molecule has 0 amide bonds. The minimum absolute atomic E-state index is 0.106. The zero-order valence-electron chi connectivity index (χ0n) is 14.2. The lowest BCUT2D eigenvalue weighted by molar-refractivity contribution is -0.140. The Morgan fingerprint density at radius 2 is 2.00 bits per heavy atom. The first-order valence-corrected chi connectivity index (χ1v) is 8.04. The molecule has 0 unspecified atom stereocenters. The zero-order valence-corrected chi connectivity index (χ0v) is 14.2. The van der Waals surface area contributed by atoms with E-state index >= 15 is 0 Å². The summed E-state index contributed by atoms with van der Waals surface area (Å²) in [4.78, 5) is 16.5. The molecule has 3 rings (SSSR count). The minimum Gasteiger partial charge on any atom is -0.465 e. The van der Waals surface area contributed by atoms with Crippen LogP contribution in [-0.4, -0.2) is 28.5 Å². The topological polar surface area (TPSA) is 55.6 Å². The molecule has 2 heterocycles. The highest BCUT2D eigenvalue weighted by atomic mass is 16.5. The molecule has 24 heavy (non-hydrogen) atoms. The third-order valence-corrected chi connectivity index (χ3v) is 3.84. The normalized spacial score (nSPS) is 10.8. The minimum atomic E-state index is -0.281. The molecule has 0 atom stereocenters. The van der Waals surface area contributed by atoms with Gasteiger partial charge in [0.1, 0.15) is 23.7 Å². The lowest BCUT2D eigenvalue weighted by Crippen LogP contribution is -2.18. The molecule has 0 radical (unpaired) electrons. The number of imidazole rings is 1. The average Bonchev–Trinajstić information content (AvgIpc) is 2.93. The van der Waals surface area contributed by atoms with Crippen molar-refractivity contribution in [2.75, 3.05) is 18.5 Å². The Morgan fingerprint density at radius 1 is 1.21 bits per heavy atom. The number of ether oxygens (including phenoxy) is 1. The van der Waals surface area contributed by atoms with Crippen molar-refractivity contribution < 1.29 is 9.53 Å². The SMILES string of the molecule is CCOC(=O)CNc1c(-c2cccc(C)c2)nc2cccc(C)n12. The molecule has 0 aliphatic rings. The molecule has 5 nitrogen and oxygen atoms in total. The zero-order chi connectivity index (χ0) is 17.1. The van der Waals surface area contributed by atoms with E-state index in [9.17, 15) is 4.79 Å². The predicted molar refractivity (Wildman–Crippen MR) is 95.2 cm³/mol. The molecule has 0 bridgehead atoms.